The maximum absolute atomic E-state index is 12.9. The Morgan fingerprint density at radius 3 is 2.25 bits per heavy atom. The van der Waals surface area contributed by atoms with Crippen molar-refractivity contribution in [2.24, 2.45) is 5.73 Å². The first kappa shape index (κ1) is 16.9. The zero-order valence-corrected chi connectivity index (χ0v) is 13.7. The molecule has 5 nitrogen and oxygen atoms in total. The summed E-state index contributed by atoms with van der Waals surface area (Å²) in [5.41, 5.74) is 5.66. The Labute approximate surface area is 121 Å². The van der Waals surface area contributed by atoms with Gasteiger partial charge < -0.3 is 10.2 Å². The summed E-state index contributed by atoms with van der Waals surface area (Å²) in [6.45, 7) is 12.9. The average molecular weight is 300 g/mol. The quantitative estimate of drug-likeness (QED) is 0.847. The minimum absolute atomic E-state index is 0.129. The maximum Gasteiger partial charge on any atom is 0.247 e. The first-order valence-electron chi connectivity index (χ1n) is 6.50. The van der Waals surface area contributed by atoms with Gasteiger partial charge in [-0.05, 0) is 34.6 Å². The van der Waals surface area contributed by atoms with Gasteiger partial charge in [0.25, 0.3) is 0 Å². The Balaban J connectivity index is 3.53. The Morgan fingerprint density at radius 1 is 1.30 bits per heavy atom. The van der Waals surface area contributed by atoms with Gasteiger partial charge in [-0.2, -0.15) is 4.31 Å². The summed E-state index contributed by atoms with van der Waals surface area (Å²) in [6.07, 6.45) is 1.58. The van der Waals surface area contributed by atoms with Crippen molar-refractivity contribution < 1.29 is 12.8 Å². The molecule has 2 N–H and O–H groups in total. The number of furan rings is 1. The number of aryl methyl sites for hydroxylation is 2. The summed E-state index contributed by atoms with van der Waals surface area (Å²) in [7, 11) is -3.69. The predicted octanol–water partition coefficient (Wildman–Crippen LogP) is 2.33. The van der Waals surface area contributed by atoms with Gasteiger partial charge in [-0.15, -0.1) is 6.58 Å². The third-order valence-corrected chi connectivity index (χ3v) is 5.45. The van der Waals surface area contributed by atoms with Crippen LogP contribution in [0.4, 0.5) is 0 Å². The monoisotopic (exact) mass is 300 g/mol. The van der Waals surface area contributed by atoms with Crippen molar-refractivity contribution in [3.63, 3.8) is 0 Å². The lowest BCUT2D eigenvalue weighted by Crippen LogP contribution is -2.45. The molecule has 0 fully saturated rings. The number of hydrogen-bond acceptors (Lipinski definition) is 4. The molecule has 0 unspecified atom stereocenters. The van der Waals surface area contributed by atoms with Crippen molar-refractivity contribution in [1.29, 1.82) is 0 Å². The highest BCUT2D eigenvalue weighted by molar-refractivity contribution is 7.89. The maximum atomic E-state index is 12.9. The average Bonchev–Trinajstić information content (AvgIpc) is 2.59. The highest BCUT2D eigenvalue weighted by Gasteiger charge is 2.37. The second-order valence-corrected chi connectivity index (χ2v) is 7.52. The van der Waals surface area contributed by atoms with Gasteiger partial charge in [0.1, 0.15) is 16.4 Å². The minimum atomic E-state index is -3.69. The van der Waals surface area contributed by atoms with Crippen LogP contribution < -0.4 is 5.73 Å². The molecule has 0 aliphatic heterocycles. The third kappa shape index (κ3) is 2.97. The van der Waals surface area contributed by atoms with E-state index in [4.69, 9.17) is 10.2 Å². The molecule has 0 radical (unpaired) electrons. The zero-order valence-electron chi connectivity index (χ0n) is 12.9. The van der Waals surface area contributed by atoms with Crippen LogP contribution in [-0.4, -0.2) is 24.8 Å². The largest absolute Gasteiger partial charge is 0.465 e. The van der Waals surface area contributed by atoms with E-state index in [0.717, 1.165) is 0 Å². The molecule has 114 valence electrons. The Kier molecular flexibility index (Phi) is 4.84. The third-order valence-electron chi connectivity index (χ3n) is 3.12. The molecule has 0 saturated heterocycles. The van der Waals surface area contributed by atoms with Gasteiger partial charge in [-0.1, -0.05) is 6.08 Å². The van der Waals surface area contributed by atoms with Crippen LogP contribution in [0.2, 0.25) is 0 Å². The summed E-state index contributed by atoms with van der Waals surface area (Å²) in [5, 5.41) is 0. The van der Waals surface area contributed by atoms with Gasteiger partial charge in [0.2, 0.25) is 10.0 Å². The highest BCUT2D eigenvalue weighted by Crippen LogP contribution is 2.32. The smallest absolute Gasteiger partial charge is 0.247 e. The number of nitrogens with zero attached hydrogens (tertiary/aromatic N) is 1. The predicted molar refractivity (Wildman–Crippen MR) is 79.9 cm³/mol. The van der Waals surface area contributed by atoms with E-state index in [9.17, 15) is 8.42 Å². The molecule has 0 saturated carbocycles. The van der Waals surface area contributed by atoms with E-state index in [1.807, 2.05) is 20.8 Å². The number of nitrogens with two attached hydrogens (primary N) is 1. The molecule has 6 heteroatoms. The number of sulfonamides is 1. The van der Waals surface area contributed by atoms with Crippen LogP contribution in [0.3, 0.4) is 0 Å². The topological polar surface area (TPSA) is 76.5 Å². The van der Waals surface area contributed by atoms with Gasteiger partial charge >= 0.3 is 0 Å². The zero-order chi connectivity index (χ0) is 15.7. The molecule has 0 bridgehead atoms. The van der Waals surface area contributed by atoms with Crippen LogP contribution >= 0.6 is 0 Å². The second kappa shape index (κ2) is 5.71. The van der Waals surface area contributed by atoms with Crippen LogP contribution in [0, 0.1) is 13.8 Å². The van der Waals surface area contributed by atoms with Crippen LogP contribution in [-0.2, 0) is 16.6 Å². The molecule has 1 rings (SSSR count). The molecular formula is C14H24N2O3S. The van der Waals surface area contributed by atoms with E-state index in [1.54, 1.807) is 19.9 Å². The first-order valence-corrected chi connectivity index (χ1v) is 7.94. The normalized spacial score (nSPS) is 12.9. The fourth-order valence-corrected chi connectivity index (χ4v) is 4.43. The standard InChI is InChI=1S/C14H24N2O3S/c1-7-8-16(14(4,5)6)20(17,18)13-11(3)19-10(2)12(13)9-15/h7H,1,8-9,15H2,2-6H3. The lowest BCUT2D eigenvalue weighted by molar-refractivity contribution is 0.269. The van der Waals surface area contributed by atoms with E-state index in [0.29, 0.717) is 17.1 Å². The van der Waals surface area contributed by atoms with Crippen molar-refractivity contribution in [1.82, 2.24) is 4.31 Å². The van der Waals surface area contributed by atoms with Crippen molar-refractivity contribution in [2.45, 2.75) is 51.6 Å². The van der Waals surface area contributed by atoms with Gasteiger partial charge in [0, 0.05) is 24.2 Å². The SMILES string of the molecule is C=CCN(C(C)(C)C)S(=O)(=O)c1c(C)oc(C)c1CN. The van der Waals surface area contributed by atoms with Gasteiger partial charge in [-0.3, -0.25) is 0 Å². The molecule has 0 amide bonds. The summed E-state index contributed by atoms with van der Waals surface area (Å²) in [6, 6.07) is 0. The molecule has 1 aromatic rings. The fraction of sp³-hybridized carbons (Fsp3) is 0.571. The fourth-order valence-electron chi connectivity index (χ4n) is 2.24. The second-order valence-electron chi connectivity index (χ2n) is 5.72. The molecular weight excluding hydrogens is 276 g/mol. The first-order chi connectivity index (χ1) is 9.07. The number of hydrogen-bond donors (Lipinski definition) is 1. The molecule has 0 aliphatic rings. The molecule has 0 atom stereocenters. The van der Waals surface area contributed by atoms with Crippen molar-refractivity contribution >= 4 is 10.0 Å². The van der Waals surface area contributed by atoms with Crippen LogP contribution in [0.25, 0.3) is 0 Å². The van der Waals surface area contributed by atoms with Gasteiger partial charge in [-0.25, -0.2) is 8.42 Å². The molecule has 0 aromatic carbocycles. The molecule has 1 aromatic heterocycles. The van der Waals surface area contributed by atoms with E-state index < -0.39 is 15.6 Å². The van der Waals surface area contributed by atoms with Crippen LogP contribution in [0.1, 0.15) is 37.9 Å². The molecule has 0 aliphatic carbocycles. The Bertz CT molecular complexity index is 595. The van der Waals surface area contributed by atoms with E-state index in [1.165, 1.54) is 4.31 Å². The minimum Gasteiger partial charge on any atom is -0.465 e. The van der Waals surface area contributed by atoms with Crippen molar-refractivity contribution in [3.8, 4) is 0 Å². The van der Waals surface area contributed by atoms with Crippen LogP contribution in [0.5, 0.6) is 0 Å². The van der Waals surface area contributed by atoms with Gasteiger partial charge in [0.15, 0.2) is 0 Å². The molecule has 1 heterocycles. The summed E-state index contributed by atoms with van der Waals surface area (Å²) < 4.78 is 32.7. The summed E-state index contributed by atoms with van der Waals surface area (Å²) in [4.78, 5) is 0.189. The van der Waals surface area contributed by atoms with Crippen LogP contribution in [0.15, 0.2) is 22.0 Å². The molecule has 0 spiro atoms. The van der Waals surface area contributed by atoms with Gasteiger partial charge in [0.05, 0.1) is 0 Å². The van der Waals surface area contributed by atoms with E-state index >= 15 is 0 Å². The van der Waals surface area contributed by atoms with Crippen molar-refractivity contribution in [2.75, 3.05) is 6.54 Å². The van der Waals surface area contributed by atoms with E-state index in [2.05, 4.69) is 6.58 Å². The lowest BCUT2D eigenvalue weighted by atomic mass is 10.1. The molecule has 20 heavy (non-hydrogen) atoms. The summed E-state index contributed by atoms with van der Waals surface area (Å²) >= 11 is 0. The van der Waals surface area contributed by atoms with Crippen molar-refractivity contribution in [3.05, 3.63) is 29.7 Å². The summed E-state index contributed by atoms with van der Waals surface area (Å²) in [5.74, 6) is 0.928. The highest BCUT2D eigenvalue weighted by atomic mass is 32.2. The Morgan fingerprint density at radius 2 is 1.85 bits per heavy atom. The Hall–Kier alpha value is -1.11. The lowest BCUT2D eigenvalue weighted by Gasteiger charge is -2.33. The van der Waals surface area contributed by atoms with E-state index in [-0.39, 0.29) is 18.0 Å². The number of rotatable bonds is 5.